The molecule has 0 aliphatic carbocycles. The number of nitrogens with zero attached hydrogens (tertiary/aromatic N) is 4. The van der Waals surface area contributed by atoms with Crippen LogP contribution >= 0.6 is 11.3 Å². The zero-order chi connectivity index (χ0) is 18.3. The molecule has 3 aromatic rings. The summed E-state index contributed by atoms with van der Waals surface area (Å²) in [7, 11) is 0. The highest BCUT2D eigenvalue weighted by molar-refractivity contribution is 7.15. The summed E-state index contributed by atoms with van der Waals surface area (Å²) in [6.07, 6.45) is 0.156. The fourth-order valence-electron chi connectivity index (χ4n) is 2.97. The van der Waals surface area contributed by atoms with Crippen LogP contribution in [0.25, 0.3) is 10.9 Å². The second-order valence-electron chi connectivity index (χ2n) is 6.59. The maximum absolute atomic E-state index is 12.5. The highest BCUT2D eigenvalue weighted by Crippen LogP contribution is 2.30. The average Bonchev–Trinajstić information content (AvgIpc) is 3.32. The van der Waals surface area contributed by atoms with Crippen LogP contribution in [0.5, 0.6) is 0 Å². The number of aromatic amines is 1. The van der Waals surface area contributed by atoms with E-state index in [0.717, 1.165) is 15.9 Å². The van der Waals surface area contributed by atoms with Gasteiger partial charge in [-0.05, 0) is 12.1 Å². The van der Waals surface area contributed by atoms with Gasteiger partial charge in [0.1, 0.15) is 5.01 Å². The second kappa shape index (κ2) is 6.49. The SMILES string of the molecule is CC(C)c1nnc(NC(=O)[C@@H]2CC(=O)N(c3n[nH]c4ccccc34)C2)s1. The van der Waals surface area contributed by atoms with Crippen molar-refractivity contribution in [2.24, 2.45) is 5.92 Å². The van der Waals surface area contributed by atoms with Crippen LogP contribution in [0.4, 0.5) is 10.9 Å². The van der Waals surface area contributed by atoms with Crippen molar-refractivity contribution in [2.45, 2.75) is 26.2 Å². The number of para-hydroxylation sites is 1. The van der Waals surface area contributed by atoms with Crippen LogP contribution in [0.1, 0.15) is 31.2 Å². The Morgan fingerprint density at radius 1 is 1.35 bits per heavy atom. The lowest BCUT2D eigenvalue weighted by molar-refractivity contribution is -0.122. The molecular formula is C17H18N6O2S. The van der Waals surface area contributed by atoms with Gasteiger partial charge >= 0.3 is 0 Å². The van der Waals surface area contributed by atoms with Crippen LogP contribution in [-0.4, -0.2) is 38.8 Å². The molecule has 1 aliphatic rings. The lowest BCUT2D eigenvalue weighted by Gasteiger charge is -2.13. The number of aromatic nitrogens is 4. The average molecular weight is 370 g/mol. The Hall–Kier alpha value is -2.81. The van der Waals surface area contributed by atoms with Crippen LogP contribution in [0.3, 0.4) is 0 Å². The largest absolute Gasteiger partial charge is 0.300 e. The first-order valence-corrected chi connectivity index (χ1v) is 9.22. The Kier molecular flexibility index (Phi) is 4.15. The predicted octanol–water partition coefficient (Wildman–Crippen LogP) is 2.53. The topological polar surface area (TPSA) is 104 Å². The quantitative estimate of drug-likeness (QED) is 0.734. The van der Waals surface area contributed by atoms with Gasteiger partial charge < -0.3 is 5.32 Å². The number of rotatable bonds is 4. The Morgan fingerprint density at radius 2 is 2.15 bits per heavy atom. The van der Waals surface area contributed by atoms with Crippen molar-refractivity contribution in [3.63, 3.8) is 0 Å². The molecule has 0 unspecified atom stereocenters. The van der Waals surface area contributed by atoms with Gasteiger partial charge in [-0.3, -0.25) is 19.6 Å². The van der Waals surface area contributed by atoms with E-state index in [9.17, 15) is 9.59 Å². The van der Waals surface area contributed by atoms with Gasteiger partial charge in [-0.1, -0.05) is 37.3 Å². The van der Waals surface area contributed by atoms with E-state index in [1.807, 2.05) is 38.1 Å². The van der Waals surface area contributed by atoms with Gasteiger partial charge in [0.05, 0.1) is 11.4 Å². The van der Waals surface area contributed by atoms with Crippen LogP contribution in [0.15, 0.2) is 24.3 Å². The van der Waals surface area contributed by atoms with E-state index in [-0.39, 0.29) is 24.2 Å². The van der Waals surface area contributed by atoms with E-state index in [1.165, 1.54) is 11.3 Å². The standard InChI is InChI=1S/C17H18N6O2S/c1-9(2)16-21-22-17(26-16)18-15(25)10-7-13(24)23(8-10)14-11-5-3-4-6-12(11)19-20-14/h3-6,9-10H,7-8H2,1-2H3,(H,19,20)(H,18,22,25)/t10-/m1/s1. The van der Waals surface area contributed by atoms with Gasteiger partial charge in [0.15, 0.2) is 5.82 Å². The lowest BCUT2D eigenvalue weighted by atomic mass is 10.1. The normalized spacial score (nSPS) is 17.4. The highest BCUT2D eigenvalue weighted by atomic mass is 32.1. The summed E-state index contributed by atoms with van der Waals surface area (Å²) in [5.74, 6) is 0.0626. The molecule has 3 heterocycles. The zero-order valence-corrected chi connectivity index (χ0v) is 15.2. The van der Waals surface area contributed by atoms with Crippen LogP contribution in [0.2, 0.25) is 0 Å². The third kappa shape index (κ3) is 2.94. The molecule has 1 atom stereocenters. The number of carbonyl (C=O) groups excluding carboxylic acids is 2. The maximum Gasteiger partial charge on any atom is 0.231 e. The number of hydrogen-bond donors (Lipinski definition) is 2. The number of hydrogen-bond acceptors (Lipinski definition) is 6. The summed E-state index contributed by atoms with van der Waals surface area (Å²) in [6, 6.07) is 7.61. The molecule has 2 N–H and O–H groups in total. The number of H-pyrrole nitrogens is 1. The molecule has 0 spiro atoms. The third-order valence-corrected chi connectivity index (χ3v) is 5.51. The first kappa shape index (κ1) is 16.6. The summed E-state index contributed by atoms with van der Waals surface area (Å²) >= 11 is 1.36. The number of amides is 2. The van der Waals surface area contributed by atoms with Crippen molar-refractivity contribution in [3.05, 3.63) is 29.3 Å². The van der Waals surface area contributed by atoms with Gasteiger partial charge in [-0.2, -0.15) is 5.10 Å². The minimum atomic E-state index is -0.440. The molecule has 2 aromatic heterocycles. The minimum Gasteiger partial charge on any atom is -0.300 e. The van der Waals surface area contributed by atoms with Crippen LogP contribution in [0, 0.1) is 5.92 Å². The van der Waals surface area contributed by atoms with Gasteiger partial charge in [-0.25, -0.2) is 0 Å². The third-order valence-electron chi connectivity index (χ3n) is 4.37. The van der Waals surface area contributed by atoms with Gasteiger partial charge in [0.25, 0.3) is 0 Å². The van der Waals surface area contributed by atoms with E-state index < -0.39 is 5.92 Å². The van der Waals surface area contributed by atoms with E-state index >= 15 is 0 Å². The fourth-order valence-corrected chi connectivity index (χ4v) is 3.72. The van der Waals surface area contributed by atoms with Gasteiger partial charge in [0, 0.05) is 24.3 Å². The number of benzene rings is 1. The van der Waals surface area contributed by atoms with E-state index in [0.29, 0.717) is 17.5 Å². The molecule has 0 saturated carbocycles. The predicted molar refractivity (Wildman–Crippen MR) is 99.2 cm³/mol. The Morgan fingerprint density at radius 3 is 2.92 bits per heavy atom. The smallest absolute Gasteiger partial charge is 0.231 e. The number of nitrogens with one attached hydrogen (secondary N) is 2. The molecule has 2 amide bonds. The Balaban J connectivity index is 1.49. The molecule has 8 nitrogen and oxygen atoms in total. The van der Waals surface area contributed by atoms with Crippen molar-refractivity contribution >= 4 is 45.0 Å². The number of fused-ring (bicyclic) bond motifs is 1. The Bertz CT molecular complexity index is 978. The molecule has 134 valence electrons. The maximum atomic E-state index is 12.5. The molecule has 1 fully saturated rings. The van der Waals surface area contributed by atoms with Crippen molar-refractivity contribution in [3.8, 4) is 0 Å². The van der Waals surface area contributed by atoms with Gasteiger partial charge in [0.2, 0.25) is 16.9 Å². The van der Waals surface area contributed by atoms with E-state index in [1.54, 1.807) is 4.90 Å². The first-order valence-electron chi connectivity index (χ1n) is 8.40. The van der Waals surface area contributed by atoms with Crippen LogP contribution in [-0.2, 0) is 9.59 Å². The van der Waals surface area contributed by atoms with Crippen molar-refractivity contribution in [1.29, 1.82) is 0 Å². The monoisotopic (exact) mass is 370 g/mol. The van der Waals surface area contributed by atoms with Crippen molar-refractivity contribution < 1.29 is 9.59 Å². The summed E-state index contributed by atoms with van der Waals surface area (Å²) in [4.78, 5) is 26.6. The number of anilines is 2. The molecule has 1 aromatic carbocycles. The molecule has 1 saturated heterocycles. The Labute approximate surface area is 153 Å². The minimum absolute atomic E-state index is 0.109. The molecular weight excluding hydrogens is 352 g/mol. The van der Waals surface area contributed by atoms with Crippen LogP contribution < -0.4 is 10.2 Å². The van der Waals surface area contributed by atoms with Crippen molar-refractivity contribution in [1.82, 2.24) is 20.4 Å². The van der Waals surface area contributed by atoms with E-state index in [2.05, 4.69) is 25.7 Å². The molecule has 1 aliphatic heterocycles. The first-order chi connectivity index (χ1) is 12.5. The van der Waals surface area contributed by atoms with Gasteiger partial charge in [-0.15, -0.1) is 10.2 Å². The summed E-state index contributed by atoms with van der Waals surface area (Å²) in [6.45, 7) is 4.34. The summed E-state index contributed by atoms with van der Waals surface area (Å²) < 4.78 is 0. The van der Waals surface area contributed by atoms with Crippen molar-refractivity contribution in [2.75, 3.05) is 16.8 Å². The molecule has 0 radical (unpaired) electrons. The summed E-state index contributed by atoms with van der Waals surface area (Å²) in [5, 5.41) is 20.2. The second-order valence-corrected chi connectivity index (χ2v) is 7.60. The lowest BCUT2D eigenvalue weighted by Crippen LogP contribution is -2.28. The molecule has 9 heteroatoms. The number of carbonyl (C=O) groups is 2. The molecule has 0 bridgehead atoms. The summed E-state index contributed by atoms with van der Waals surface area (Å²) in [5.41, 5.74) is 0.860. The van der Waals surface area contributed by atoms with E-state index in [4.69, 9.17) is 0 Å². The molecule has 26 heavy (non-hydrogen) atoms. The fraction of sp³-hybridized carbons (Fsp3) is 0.353. The zero-order valence-electron chi connectivity index (χ0n) is 14.4. The highest BCUT2D eigenvalue weighted by Gasteiger charge is 2.37. The molecule has 4 rings (SSSR count).